The van der Waals surface area contributed by atoms with Crippen LogP contribution in [0.2, 0.25) is 12.1 Å². The van der Waals surface area contributed by atoms with Gasteiger partial charge >= 0.3 is 0 Å². The van der Waals surface area contributed by atoms with E-state index in [1.54, 1.807) is 0 Å². The van der Waals surface area contributed by atoms with Crippen LogP contribution in [0.3, 0.4) is 0 Å². The molecule has 0 heterocycles. The third-order valence-electron chi connectivity index (χ3n) is 2.74. The maximum Gasteiger partial charge on any atom is 0.226 e. The van der Waals surface area contributed by atoms with Crippen molar-refractivity contribution in [2.24, 2.45) is 5.92 Å². The van der Waals surface area contributed by atoms with Gasteiger partial charge < -0.3 is 0 Å². The summed E-state index contributed by atoms with van der Waals surface area (Å²) in [6.07, 6.45) is 4.02. The van der Waals surface area contributed by atoms with E-state index in [0.717, 1.165) is 17.7 Å². The highest BCUT2D eigenvalue weighted by molar-refractivity contribution is 14.2. The first kappa shape index (κ1) is 16.9. The van der Waals surface area contributed by atoms with Crippen LogP contribution in [0.15, 0.2) is 0 Å². The summed E-state index contributed by atoms with van der Waals surface area (Å²) in [5, 5.41) is 0. The van der Waals surface area contributed by atoms with E-state index < -0.39 is 0 Å². The summed E-state index contributed by atoms with van der Waals surface area (Å²) in [6, 6.07) is 0. The second-order valence-corrected chi connectivity index (χ2v) is 5.97. The highest BCUT2D eigenvalue weighted by atomic mass is 127. The third-order valence-corrected chi connectivity index (χ3v) is 5.70. The van der Waals surface area contributed by atoms with Crippen molar-refractivity contribution in [3.63, 3.8) is 0 Å². The molecule has 0 aromatic rings. The standard InChI is InChI=1S/C9H20BIS.H2S/c1-5-7-8(3)9(4)10(6-2)12-11;/h8-9H,5-7H2,1-4H3;1H2. The molecule has 0 bridgehead atoms. The van der Waals surface area contributed by atoms with E-state index in [4.69, 9.17) is 0 Å². The zero-order chi connectivity index (χ0) is 9.56. The number of halogens is 1. The molecule has 0 aromatic carbocycles. The fraction of sp³-hybridized carbons (Fsp3) is 1.00. The van der Waals surface area contributed by atoms with Gasteiger partial charge in [0.1, 0.15) is 0 Å². The van der Waals surface area contributed by atoms with Gasteiger partial charge in [0.15, 0.2) is 0 Å². The monoisotopic (exact) mass is 332 g/mol. The summed E-state index contributed by atoms with van der Waals surface area (Å²) in [6.45, 7) is 9.37. The lowest BCUT2D eigenvalue weighted by Crippen LogP contribution is -2.18. The molecule has 0 aliphatic rings. The zero-order valence-electron chi connectivity index (χ0n) is 9.14. The maximum absolute atomic E-state index is 2.44. The van der Waals surface area contributed by atoms with Crippen molar-refractivity contribution < 1.29 is 0 Å². The summed E-state index contributed by atoms with van der Waals surface area (Å²) in [5.41, 5.74) is 0. The molecule has 0 aliphatic carbocycles. The quantitative estimate of drug-likeness (QED) is 0.486. The van der Waals surface area contributed by atoms with Gasteiger partial charge in [0.2, 0.25) is 5.99 Å². The topological polar surface area (TPSA) is 0 Å². The molecule has 0 aliphatic heterocycles. The van der Waals surface area contributed by atoms with E-state index >= 15 is 0 Å². The summed E-state index contributed by atoms with van der Waals surface area (Å²) in [5.74, 6) is 2.62. The van der Waals surface area contributed by atoms with Crippen LogP contribution >= 0.6 is 43.5 Å². The van der Waals surface area contributed by atoms with Gasteiger partial charge in [0, 0.05) is 0 Å². The van der Waals surface area contributed by atoms with Gasteiger partial charge in [-0.05, 0) is 27.1 Å². The lowest BCUT2D eigenvalue weighted by Gasteiger charge is -2.23. The van der Waals surface area contributed by atoms with Crippen molar-refractivity contribution in [2.75, 3.05) is 0 Å². The van der Waals surface area contributed by atoms with Crippen LogP contribution in [0.1, 0.15) is 40.5 Å². The van der Waals surface area contributed by atoms with Crippen LogP contribution in [0.25, 0.3) is 0 Å². The molecule has 4 heteroatoms. The average Bonchev–Trinajstić information content (AvgIpc) is 2.07. The maximum atomic E-state index is 2.44. The van der Waals surface area contributed by atoms with Gasteiger partial charge in [-0.2, -0.15) is 13.5 Å². The molecule has 0 N–H and O–H groups in total. The summed E-state index contributed by atoms with van der Waals surface area (Å²) < 4.78 is 0. The lowest BCUT2D eigenvalue weighted by atomic mass is 9.56. The Balaban J connectivity index is 0. The minimum atomic E-state index is 0. The number of rotatable bonds is 6. The van der Waals surface area contributed by atoms with Crippen LogP contribution in [-0.4, -0.2) is 5.99 Å². The molecule has 0 radical (unpaired) electrons. The summed E-state index contributed by atoms with van der Waals surface area (Å²) in [4.78, 5) is 0. The third kappa shape index (κ3) is 6.55. The van der Waals surface area contributed by atoms with E-state index in [-0.39, 0.29) is 13.5 Å². The van der Waals surface area contributed by atoms with E-state index in [2.05, 4.69) is 48.9 Å². The lowest BCUT2D eigenvalue weighted by molar-refractivity contribution is 0.504. The van der Waals surface area contributed by atoms with Crippen LogP contribution in [0, 0.1) is 5.92 Å². The first-order chi connectivity index (χ1) is 5.67. The molecular weight excluding hydrogens is 310 g/mol. The molecule has 0 saturated carbocycles. The second kappa shape index (κ2) is 10.0. The van der Waals surface area contributed by atoms with E-state index in [1.165, 1.54) is 19.2 Å². The van der Waals surface area contributed by atoms with Gasteiger partial charge in [0.25, 0.3) is 0 Å². The Morgan fingerprint density at radius 1 is 1.31 bits per heavy atom. The van der Waals surface area contributed by atoms with Crippen molar-refractivity contribution in [1.82, 2.24) is 0 Å². The first-order valence-electron chi connectivity index (χ1n) is 4.94. The molecule has 0 aromatic heterocycles. The molecule has 0 rings (SSSR count). The molecule has 0 nitrogen and oxygen atoms in total. The Bertz CT molecular complexity index is 110. The van der Waals surface area contributed by atoms with Gasteiger partial charge in [-0.25, -0.2) is 0 Å². The highest BCUT2D eigenvalue weighted by Crippen LogP contribution is 2.35. The van der Waals surface area contributed by atoms with Crippen molar-refractivity contribution in [1.29, 1.82) is 0 Å². The van der Waals surface area contributed by atoms with Crippen molar-refractivity contribution in [2.45, 2.75) is 52.7 Å². The van der Waals surface area contributed by atoms with Gasteiger partial charge in [-0.15, -0.1) is 8.78 Å². The molecule has 80 valence electrons. The molecule has 0 saturated heterocycles. The van der Waals surface area contributed by atoms with Crippen LogP contribution in [0.5, 0.6) is 0 Å². The van der Waals surface area contributed by atoms with E-state index in [1.807, 2.05) is 8.78 Å². The highest BCUT2D eigenvalue weighted by Gasteiger charge is 2.24. The molecule has 13 heavy (non-hydrogen) atoms. The largest absolute Gasteiger partial charge is 0.226 e. The van der Waals surface area contributed by atoms with E-state index in [9.17, 15) is 0 Å². The van der Waals surface area contributed by atoms with Crippen LogP contribution in [-0.2, 0) is 0 Å². The van der Waals surface area contributed by atoms with E-state index in [0.29, 0.717) is 0 Å². The molecule has 2 atom stereocenters. The van der Waals surface area contributed by atoms with Crippen molar-refractivity contribution in [3.8, 4) is 0 Å². The Morgan fingerprint density at radius 2 is 1.85 bits per heavy atom. The van der Waals surface area contributed by atoms with Crippen LogP contribution < -0.4 is 0 Å². The molecule has 2 unspecified atom stereocenters. The van der Waals surface area contributed by atoms with Gasteiger partial charge in [-0.1, -0.05) is 52.7 Å². The predicted octanol–water partition coefficient (Wildman–Crippen LogP) is 5.02. The van der Waals surface area contributed by atoms with Crippen molar-refractivity contribution in [3.05, 3.63) is 0 Å². The minimum Gasteiger partial charge on any atom is -0.197 e. The second-order valence-electron chi connectivity index (χ2n) is 3.66. The predicted molar refractivity (Wildman–Crippen MR) is 81.7 cm³/mol. The molecule has 0 amide bonds. The summed E-state index contributed by atoms with van der Waals surface area (Å²) >= 11 is 2.44. The minimum absolute atomic E-state index is 0. The Kier molecular flexibility index (Phi) is 13.0. The summed E-state index contributed by atoms with van der Waals surface area (Å²) in [7, 11) is 2.00. The Morgan fingerprint density at radius 3 is 2.15 bits per heavy atom. The van der Waals surface area contributed by atoms with Crippen molar-refractivity contribution >= 4 is 49.5 Å². The average molecular weight is 332 g/mol. The number of hydrogen-bond donors (Lipinski definition) is 0. The van der Waals surface area contributed by atoms with Crippen LogP contribution in [0.4, 0.5) is 0 Å². The fourth-order valence-electron chi connectivity index (χ4n) is 1.60. The van der Waals surface area contributed by atoms with Gasteiger partial charge in [0.05, 0.1) is 0 Å². The Hall–Kier alpha value is 1.49. The number of hydrogen-bond acceptors (Lipinski definition) is 1. The van der Waals surface area contributed by atoms with Gasteiger partial charge in [-0.3, -0.25) is 0 Å². The molecular formula is C9H22BIS2. The zero-order valence-corrected chi connectivity index (χ0v) is 13.1. The SMILES string of the molecule is CCCC(C)C(C)B(CC)SI.S. The Labute approximate surface area is 107 Å². The first-order valence-corrected chi connectivity index (χ1v) is 8.36. The molecule has 0 spiro atoms. The normalized spacial score (nSPS) is 14.5. The molecule has 0 fully saturated rings. The fourth-order valence-corrected chi connectivity index (χ4v) is 4.63. The smallest absolute Gasteiger partial charge is 0.197 e.